The predicted molar refractivity (Wildman–Crippen MR) is 146 cm³/mol. The topological polar surface area (TPSA) is 137 Å². The molecule has 0 saturated carbocycles. The summed E-state index contributed by atoms with van der Waals surface area (Å²) < 4.78 is 20.7. The molecule has 0 spiro atoms. The van der Waals surface area contributed by atoms with Gasteiger partial charge in [0.25, 0.3) is 5.91 Å². The summed E-state index contributed by atoms with van der Waals surface area (Å²) in [6.07, 6.45) is 1.57. The molecule has 0 radical (unpaired) electrons. The summed E-state index contributed by atoms with van der Waals surface area (Å²) in [5.74, 6) is -2.47. The standard InChI is InChI=1S/C19H31N5O5.C3H8.C2H4F2.C2H6/c1-6-9-21-16(27)13(25)11-22-15(26)12-8-7-10-24(12)17(28)14(19(2,3)4)23-18(29)20-5;1-3-2;1-2(3)4;1-2/h6,12,14H,1,7-11H2,2-5H3,(H,21,27)(H,22,26)(H2,20,23,29);3H2,1-2H3;2H,1H3;1-2H3. The number of carbonyl (C=O) groups is 5. The van der Waals surface area contributed by atoms with Crippen LogP contribution in [0, 0.1) is 5.41 Å². The summed E-state index contributed by atoms with van der Waals surface area (Å²) in [6.45, 7) is 18.0. The summed E-state index contributed by atoms with van der Waals surface area (Å²) >= 11 is 0. The van der Waals surface area contributed by atoms with Gasteiger partial charge in [0.1, 0.15) is 12.1 Å². The number of amides is 5. The normalized spacial score (nSPS) is 14.6. The van der Waals surface area contributed by atoms with Crippen LogP contribution in [0.1, 0.15) is 74.7 Å². The Balaban J connectivity index is -0.00000119. The van der Waals surface area contributed by atoms with Crippen molar-refractivity contribution in [3.63, 3.8) is 0 Å². The molecule has 5 amide bonds. The van der Waals surface area contributed by atoms with E-state index in [4.69, 9.17) is 0 Å². The number of hydrogen-bond donors (Lipinski definition) is 4. The molecule has 10 nitrogen and oxygen atoms in total. The maximum atomic E-state index is 13.1. The third-order valence-corrected chi connectivity index (χ3v) is 4.54. The summed E-state index contributed by atoms with van der Waals surface area (Å²) in [6, 6.07) is -2.08. The van der Waals surface area contributed by atoms with E-state index in [0.29, 0.717) is 19.4 Å². The van der Waals surface area contributed by atoms with Crippen LogP contribution in [0.15, 0.2) is 12.7 Å². The number of likely N-dealkylation sites (tertiary alicyclic amines) is 1. The van der Waals surface area contributed by atoms with Gasteiger partial charge in [0.15, 0.2) is 0 Å². The summed E-state index contributed by atoms with van der Waals surface area (Å²) in [5, 5.41) is 9.83. The van der Waals surface area contributed by atoms with E-state index in [2.05, 4.69) is 41.7 Å². The second-order valence-electron chi connectivity index (χ2n) is 9.08. The first kappa shape index (κ1) is 39.5. The highest BCUT2D eigenvalue weighted by Crippen LogP contribution is 2.25. The van der Waals surface area contributed by atoms with Crippen LogP contribution in [0.4, 0.5) is 13.6 Å². The quantitative estimate of drug-likeness (QED) is 0.273. The fraction of sp³-hybridized carbons (Fsp3) is 0.731. The van der Waals surface area contributed by atoms with Crippen molar-refractivity contribution in [3.05, 3.63) is 12.7 Å². The van der Waals surface area contributed by atoms with Crippen molar-refractivity contribution in [2.45, 2.75) is 93.2 Å². The lowest BCUT2D eigenvalue weighted by Gasteiger charge is -2.35. The van der Waals surface area contributed by atoms with Gasteiger partial charge in [-0.1, -0.05) is 61.0 Å². The second kappa shape index (κ2) is 22.0. The van der Waals surface area contributed by atoms with Crippen molar-refractivity contribution < 1.29 is 32.8 Å². The van der Waals surface area contributed by atoms with E-state index in [1.807, 2.05) is 34.6 Å². The maximum absolute atomic E-state index is 13.1. The van der Waals surface area contributed by atoms with Crippen LogP contribution in [-0.2, 0) is 19.2 Å². The smallest absolute Gasteiger partial charge is 0.315 e. The van der Waals surface area contributed by atoms with Crippen molar-refractivity contribution in [2.24, 2.45) is 5.41 Å². The highest BCUT2D eigenvalue weighted by molar-refractivity contribution is 6.37. The Morgan fingerprint density at radius 3 is 2.00 bits per heavy atom. The van der Waals surface area contributed by atoms with Crippen LogP contribution in [0.3, 0.4) is 0 Å². The molecule has 1 aliphatic rings. The molecular weight excluding hydrogens is 500 g/mol. The first-order chi connectivity index (χ1) is 17.7. The Hall–Kier alpha value is -3.05. The first-order valence-electron chi connectivity index (χ1n) is 12.9. The molecule has 0 aromatic carbocycles. The number of Topliss-reactive ketones (excluding diaryl/α,β-unsaturated/α-hetero) is 1. The van der Waals surface area contributed by atoms with Gasteiger partial charge in [-0.05, 0) is 25.2 Å². The zero-order valence-corrected chi connectivity index (χ0v) is 24.5. The maximum Gasteiger partial charge on any atom is 0.315 e. The van der Waals surface area contributed by atoms with Crippen molar-refractivity contribution in [3.8, 4) is 0 Å². The summed E-state index contributed by atoms with van der Waals surface area (Å²) in [4.78, 5) is 62.2. The molecule has 4 N–H and O–H groups in total. The molecule has 1 heterocycles. The lowest BCUT2D eigenvalue weighted by Crippen LogP contribution is -2.59. The predicted octanol–water partition coefficient (Wildman–Crippen LogP) is 3.02. The minimum atomic E-state index is -2.17. The number of carbonyl (C=O) groups excluding carboxylic acids is 5. The molecule has 222 valence electrons. The highest BCUT2D eigenvalue weighted by Gasteiger charge is 2.41. The monoisotopic (exact) mass is 549 g/mol. The van der Waals surface area contributed by atoms with Crippen LogP contribution in [0.5, 0.6) is 0 Å². The molecule has 0 aromatic rings. The molecule has 1 rings (SSSR count). The zero-order chi connectivity index (χ0) is 30.5. The fourth-order valence-corrected chi connectivity index (χ4v) is 2.95. The average Bonchev–Trinajstić information content (AvgIpc) is 3.34. The fourth-order valence-electron chi connectivity index (χ4n) is 2.95. The van der Waals surface area contributed by atoms with Gasteiger partial charge < -0.3 is 26.2 Å². The van der Waals surface area contributed by atoms with Crippen molar-refractivity contribution in [1.29, 1.82) is 0 Å². The summed E-state index contributed by atoms with van der Waals surface area (Å²) in [5.41, 5.74) is -0.577. The molecule has 0 aromatic heterocycles. The molecule has 0 aliphatic carbocycles. The second-order valence-corrected chi connectivity index (χ2v) is 9.08. The molecule has 1 aliphatic heterocycles. The third kappa shape index (κ3) is 17.4. The largest absolute Gasteiger partial charge is 0.347 e. The molecule has 38 heavy (non-hydrogen) atoms. The third-order valence-electron chi connectivity index (χ3n) is 4.54. The van der Waals surface area contributed by atoms with Gasteiger partial charge in [0, 0.05) is 20.1 Å². The molecule has 1 saturated heterocycles. The number of nitrogens with one attached hydrogen (secondary N) is 4. The van der Waals surface area contributed by atoms with Gasteiger partial charge >= 0.3 is 6.03 Å². The highest BCUT2D eigenvalue weighted by atomic mass is 19.3. The molecule has 1 fully saturated rings. The molecule has 2 unspecified atom stereocenters. The minimum absolute atomic E-state index is 0.149. The van der Waals surface area contributed by atoms with Crippen molar-refractivity contribution >= 4 is 29.5 Å². The lowest BCUT2D eigenvalue weighted by atomic mass is 9.85. The molecule has 2 atom stereocenters. The number of rotatable bonds is 8. The zero-order valence-electron chi connectivity index (χ0n) is 24.5. The van der Waals surface area contributed by atoms with E-state index in [9.17, 15) is 32.8 Å². The van der Waals surface area contributed by atoms with Crippen LogP contribution >= 0.6 is 0 Å². The summed E-state index contributed by atoms with van der Waals surface area (Å²) in [7, 11) is 1.45. The van der Waals surface area contributed by atoms with Crippen LogP contribution in [0.2, 0.25) is 0 Å². The molecular formula is C26H49F2N5O5. The number of nitrogens with zero attached hydrogens (tertiary/aromatic N) is 1. The van der Waals surface area contributed by atoms with Crippen LogP contribution in [-0.4, -0.2) is 79.6 Å². The molecule has 12 heteroatoms. The number of halogens is 2. The Labute approximate surface area is 226 Å². The number of urea groups is 1. The van der Waals surface area contributed by atoms with Gasteiger partial charge in [0.05, 0.1) is 6.54 Å². The Morgan fingerprint density at radius 1 is 1.08 bits per heavy atom. The van der Waals surface area contributed by atoms with E-state index < -0.39 is 54.1 Å². The van der Waals surface area contributed by atoms with E-state index in [1.165, 1.54) is 24.4 Å². The Kier molecular flexibility index (Phi) is 22.8. The SMILES string of the molecule is C=CCNC(=O)C(=O)CNC(=O)C1CCCN1C(=O)C(NC(=O)NC)C(C)(C)C.CC.CC(F)F.CCC. The number of hydrogen-bond acceptors (Lipinski definition) is 5. The van der Waals surface area contributed by atoms with Gasteiger partial charge in [-0.25, -0.2) is 13.6 Å². The van der Waals surface area contributed by atoms with Crippen LogP contribution < -0.4 is 21.3 Å². The number of alkyl halides is 2. The van der Waals surface area contributed by atoms with Gasteiger partial charge in [0.2, 0.25) is 24.0 Å². The van der Waals surface area contributed by atoms with Gasteiger partial charge in [-0.3, -0.25) is 19.2 Å². The van der Waals surface area contributed by atoms with Crippen molar-refractivity contribution in [1.82, 2.24) is 26.2 Å². The Morgan fingerprint density at radius 2 is 1.58 bits per heavy atom. The van der Waals surface area contributed by atoms with E-state index in [1.54, 1.807) is 0 Å². The first-order valence-corrected chi connectivity index (χ1v) is 12.9. The molecule has 0 bridgehead atoms. The van der Waals surface area contributed by atoms with Crippen LogP contribution in [0.25, 0.3) is 0 Å². The Bertz CT molecular complexity index is 739. The van der Waals surface area contributed by atoms with E-state index >= 15 is 0 Å². The number of ketones is 1. The minimum Gasteiger partial charge on any atom is -0.347 e. The van der Waals surface area contributed by atoms with E-state index in [0.717, 1.165) is 6.92 Å². The lowest BCUT2D eigenvalue weighted by molar-refractivity contribution is -0.142. The average molecular weight is 550 g/mol. The van der Waals surface area contributed by atoms with Gasteiger partial charge in [-0.2, -0.15) is 0 Å². The van der Waals surface area contributed by atoms with Crippen molar-refractivity contribution in [2.75, 3.05) is 26.7 Å². The van der Waals surface area contributed by atoms with Gasteiger partial charge in [-0.15, -0.1) is 6.58 Å². The van der Waals surface area contributed by atoms with E-state index in [-0.39, 0.29) is 12.5 Å².